The first kappa shape index (κ1) is 21.0. The van der Waals surface area contributed by atoms with Crippen molar-refractivity contribution in [1.29, 1.82) is 0 Å². The number of halogens is 2. The van der Waals surface area contributed by atoms with Crippen LogP contribution in [0, 0.1) is 0 Å². The van der Waals surface area contributed by atoms with E-state index in [0.29, 0.717) is 36.3 Å². The molecule has 0 amide bonds. The minimum absolute atomic E-state index is 0.135. The summed E-state index contributed by atoms with van der Waals surface area (Å²) >= 11 is 0. The Bertz CT molecular complexity index is 1250. The van der Waals surface area contributed by atoms with Crippen LogP contribution >= 0.6 is 0 Å². The highest BCUT2D eigenvalue weighted by Gasteiger charge is 2.38. The van der Waals surface area contributed by atoms with Crippen molar-refractivity contribution < 1.29 is 23.8 Å². The molecular weight excluding hydrogens is 408 g/mol. The van der Waals surface area contributed by atoms with E-state index in [1.165, 1.54) is 0 Å². The smallest absolute Gasteiger partial charge is 0.345 e. The monoisotopic (exact) mass is 431 g/mol. The maximum Gasteiger partial charge on any atom is 0.345 e. The van der Waals surface area contributed by atoms with Crippen LogP contribution in [0.25, 0.3) is 22.2 Å². The van der Waals surface area contributed by atoms with Crippen molar-refractivity contribution in [3.63, 3.8) is 0 Å². The van der Waals surface area contributed by atoms with Crippen molar-refractivity contribution in [1.82, 2.24) is 14.5 Å². The molecule has 0 atom stereocenters. The minimum atomic E-state index is -2.65. The van der Waals surface area contributed by atoms with Gasteiger partial charge in [0.25, 0.3) is 11.5 Å². The molecule has 3 aromatic rings. The molecule has 9 heteroatoms. The number of aryl methyl sites for hydroxylation is 1. The van der Waals surface area contributed by atoms with E-state index in [-0.39, 0.29) is 13.0 Å². The van der Waals surface area contributed by atoms with Gasteiger partial charge in [0.05, 0.1) is 12.2 Å². The van der Waals surface area contributed by atoms with Crippen LogP contribution < -0.4 is 5.56 Å². The van der Waals surface area contributed by atoms with Crippen LogP contribution in [0.3, 0.4) is 0 Å². The molecule has 4 rings (SSSR count). The van der Waals surface area contributed by atoms with Gasteiger partial charge in [-0.25, -0.2) is 13.6 Å². The molecule has 31 heavy (non-hydrogen) atoms. The molecule has 7 nitrogen and oxygen atoms in total. The Morgan fingerprint density at radius 2 is 2.03 bits per heavy atom. The fraction of sp³-hybridized carbons (Fsp3) is 0.364. The molecule has 3 heterocycles. The van der Waals surface area contributed by atoms with Gasteiger partial charge in [0.15, 0.2) is 5.56 Å². The first-order valence-corrected chi connectivity index (χ1v) is 10.0. The van der Waals surface area contributed by atoms with Crippen LogP contribution in [0.15, 0.2) is 29.1 Å². The Labute approximate surface area is 176 Å². The Kier molecular flexibility index (Phi) is 5.09. The van der Waals surface area contributed by atoms with Gasteiger partial charge in [-0.2, -0.15) is 0 Å². The number of nitrogens with one attached hydrogen (secondary N) is 1. The van der Waals surface area contributed by atoms with E-state index in [9.17, 15) is 28.6 Å². The van der Waals surface area contributed by atoms with Crippen LogP contribution in [0.2, 0.25) is 0 Å². The number of fused-ring (bicyclic) bond motifs is 1. The van der Waals surface area contributed by atoms with Crippen LogP contribution in [-0.4, -0.2) is 49.6 Å². The number of aromatic carboxylic acids is 1. The third-order valence-corrected chi connectivity index (χ3v) is 5.92. The second-order valence-electron chi connectivity index (χ2n) is 7.97. The molecule has 0 bridgehead atoms. The number of carbonyl (C=O) groups is 1. The molecule has 1 aromatic carbocycles. The molecule has 164 valence electrons. The standard InChI is InChI=1S/C22H23F2N3O4/c1-3-15-18(25-20(29)17(19(15)28)21(30)31)12-4-5-16-13(8-12)9-14(26(16)2)10-27-7-6-22(23,24)11-27/h4-5,8-9H,3,6-7,10-11H2,1-2H3,(H,30,31)(H2,25,28,29). The maximum atomic E-state index is 13.5. The van der Waals surface area contributed by atoms with E-state index < -0.39 is 28.8 Å². The second-order valence-corrected chi connectivity index (χ2v) is 7.97. The highest BCUT2D eigenvalue weighted by molar-refractivity contribution is 5.92. The maximum absolute atomic E-state index is 13.5. The average molecular weight is 431 g/mol. The van der Waals surface area contributed by atoms with Crippen molar-refractivity contribution in [2.75, 3.05) is 13.1 Å². The summed E-state index contributed by atoms with van der Waals surface area (Å²) in [7, 11) is 1.87. The lowest BCUT2D eigenvalue weighted by Gasteiger charge is -2.16. The Hall–Kier alpha value is -3.20. The fourth-order valence-corrected chi connectivity index (χ4v) is 4.30. The zero-order chi connectivity index (χ0) is 22.5. The summed E-state index contributed by atoms with van der Waals surface area (Å²) in [4.78, 5) is 27.9. The average Bonchev–Trinajstić information content (AvgIpc) is 3.19. The van der Waals surface area contributed by atoms with Crippen molar-refractivity contribution in [3.05, 3.63) is 51.4 Å². The molecule has 1 aliphatic heterocycles. The summed E-state index contributed by atoms with van der Waals surface area (Å²) in [6.07, 6.45) is 0.184. The van der Waals surface area contributed by atoms with E-state index >= 15 is 0 Å². The predicted octanol–water partition coefficient (Wildman–Crippen LogP) is 3.34. The third-order valence-electron chi connectivity index (χ3n) is 5.92. The van der Waals surface area contributed by atoms with Crippen LogP contribution in [0.4, 0.5) is 8.78 Å². The van der Waals surface area contributed by atoms with Gasteiger partial charge in [-0.3, -0.25) is 9.69 Å². The van der Waals surface area contributed by atoms with Gasteiger partial charge in [-0.05, 0) is 30.2 Å². The molecule has 0 radical (unpaired) electrons. The molecule has 1 fully saturated rings. The number of benzene rings is 1. The van der Waals surface area contributed by atoms with Crippen molar-refractivity contribution in [2.45, 2.75) is 32.2 Å². The molecule has 1 saturated heterocycles. The van der Waals surface area contributed by atoms with Crippen LogP contribution in [-0.2, 0) is 20.0 Å². The topological polar surface area (TPSA) is 98.6 Å². The number of hydrogen-bond acceptors (Lipinski definition) is 4. The normalized spacial score (nSPS) is 16.3. The van der Waals surface area contributed by atoms with E-state index in [1.807, 2.05) is 29.8 Å². The minimum Gasteiger partial charge on any atom is -0.506 e. The van der Waals surface area contributed by atoms with E-state index in [4.69, 9.17) is 0 Å². The molecule has 2 aromatic heterocycles. The molecule has 0 saturated carbocycles. The van der Waals surface area contributed by atoms with Crippen LogP contribution in [0.5, 0.6) is 5.75 Å². The fourth-order valence-electron chi connectivity index (χ4n) is 4.30. The summed E-state index contributed by atoms with van der Waals surface area (Å²) in [6, 6.07) is 7.39. The second kappa shape index (κ2) is 7.49. The van der Waals surface area contributed by atoms with Gasteiger partial charge in [-0.1, -0.05) is 13.0 Å². The molecular formula is C22H23F2N3O4. The lowest BCUT2D eigenvalue weighted by atomic mass is 9.99. The highest BCUT2D eigenvalue weighted by atomic mass is 19.3. The van der Waals surface area contributed by atoms with Gasteiger partial charge in [-0.15, -0.1) is 0 Å². The van der Waals surface area contributed by atoms with Gasteiger partial charge in [0.1, 0.15) is 5.75 Å². The quantitative estimate of drug-likeness (QED) is 0.576. The SMILES string of the molecule is CCc1c(-c2ccc3c(c2)cc(CN2CCC(F)(F)C2)n3C)[nH]c(=O)c(C(=O)O)c1O. The lowest BCUT2D eigenvalue weighted by molar-refractivity contribution is 0.0113. The first-order chi connectivity index (χ1) is 14.6. The number of nitrogens with zero attached hydrogens (tertiary/aromatic N) is 2. The van der Waals surface area contributed by atoms with E-state index in [2.05, 4.69) is 4.98 Å². The van der Waals surface area contributed by atoms with Gasteiger partial charge < -0.3 is 19.8 Å². The number of pyridine rings is 1. The number of carboxylic acids is 1. The van der Waals surface area contributed by atoms with Gasteiger partial charge in [0, 0.05) is 48.7 Å². The van der Waals surface area contributed by atoms with E-state index in [0.717, 1.165) is 16.6 Å². The summed E-state index contributed by atoms with van der Waals surface area (Å²) in [5.74, 6) is -4.67. The van der Waals surface area contributed by atoms with Crippen molar-refractivity contribution >= 4 is 16.9 Å². The predicted molar refractivity (Wildman–Crippen MR) is 112 cm³/mol. The summed E-state index contributed by atoms with van der Waals surface area (Å²) in [5, 5.41) is 20.4. The number of likely N-dealkylation sites (tertiary alicyclic amines) is 1. The van der Waals surface area contributed by atoms with E-state index in [1.54, 1.807) is 17.9 Å². The summed E-state index contributed by atoms with van der Waals surface area (Å²) in [6.45, 7) is 2.25. The number of aromatic amines is 1. The first-order valence-electron chi connectivity index (χ1n) is 10.0. The highest BCUT2D eigenvalue weighted by Crippen LogP contribution is 2.33. The molecule has 0 aliphatic carbocycles. The Balaban J connectivity index is 1.75. The summed E-state index contributed by atoms with van der Waals surface area (Å²) < 4.78 is 29.0. The van der Waals surface area contributed by atoms with Gasteiger partial charge in [0.2, 0.25) is 0 Å². The zero-order valence-electron chi connectivity index (χ0n) is 17.2. The molecule has 3 N–H and O–H groups in total. The number of rotatable bonds is 5. The third kappa shape index (κ3) is 3.69. The Morgan fingerprint density at radius 1 is 1.29 bits per heavy atom. The molecule has 0 unspecified atom stereocenters. The van der Waals surface area contributed by atoms with Crippen molar-refractivity contribution in [3.8, 4) is 17.0 Å². The molecule has 1 aliphatic rings. The van der Waals surface area contributed by atoms with Crippen LogP contribution in [0.1, 0.15) is 35.0 Å². The number of aromatic nitrogens is 2. The Morgan fingerprint density at radius 3 is 2.65 bits per heavy atom. The number of aromatic hydroxyl groups is 1. The number of hydrogen-bond donors (Lipinski definition) is 3. The summed E-state index contributed by atoms with van der Waals surface area (Å²) in [5.41, 5.74) is 1.56. The van der Waals surface area contributed by atoms with Crippen molar-refractivity contribution in [2.24, 2.45) is 7.05 Å². The number of carboxylic acid groups (broad SMARTS) is 1. The largest absolute Gasteiger partial charge is 0.506 e. The zero-order valence-corrected chi connectivity index (χ0v) is 17.2. The number of H-pyrrole nitrogens is 1. The molecule has 0 spiro atoms. The van der Waals surface area contributed by atoms with Gasteiger partial charge >= 0.3 is 5.97 Å². The number of alkyl halides is 2. The lowest BCUT2D eigenvalue weighted by Crippen LogP contribution is -2.25.